The lowest BCUT2D eigenvalue weighted by Crippen LogP contribution is -2.50. The van der Waals surface area contributed by atoms with Gasteiger partial charge in [-0.3, -0.25) is 4.99 Å². The lowest BCUT2D eigenvalue weighted by molar-refractivity contribution is 0.128. The van der Waals surface area contributed by atoms with Gasteiger partial charge in [0.2, 0.25) is 0 Å². The van der Waals surface area contributed by atoms with Gasteiger partial charge in [0.1, 0.15) is 0 Å². The Labute approximate surface area is 142 Å². The zero-order valence-corrected chi connectivity index (χ0v) is 15.4. The smallest absolute Gasteiger partial charge is 0.191 e. The van der Waals surface area contributed by atoms with Gasteiger partial charge < -0.3 is 20.3 Å². The minimum atomic E-state index is 0.501. The Hall–Kier alpha value is -0.810. The highest BCUT2D eigenvalue weighted by Crippen LogP contribution is 2.40. The molecule has 0 radical (unpaired) electrons. The number of ether oxygens (including phenoxy) is 1. The van der Waals surface area contributed by atoms with Crippen LogP contribution < -0.4 is 10.6 Å². The number of aliphatic imine (C=N–C) groups is 1. The van der Waals surface area contributed by atoms with Crippen LogP contribution in [0.4, 0.5) is 0 Å². The van der Waals surface area contributed by atoms with Gasteiger partial charge in [0.25, 0.3) is 0 Å². The number of nitrogens with zero attached hydrogens (tertiary/aromatic N) is 2. The van der Waals surface area contributed by atoms with Crippen molar-refractivity contribution >= 4 is 5.96 Å². The fourth-order valence-electron chi connectivity index (χ4n) is 3.96. The van der Waals surface area contributed by atoms with Crippen LogP contribution in [0.1, 0.15) is 51.9 Å². The minimum absolute atomic E-state index is 0.501. The van der Waals surface area contributed by atoms with Gasteiger partial charge in [-0.1, -0.05) is 19.8 Å². The Morgan fingerprint density at radius 1 is 1.26 bits per heavy atom. The van der Waals surface area contributed by atoms with Crippen LogP contribution in [0.2, 0.25) is 0 Å². The molecule has 0 spiro atoms. The Morgan fingerprint density at radius 2 is 1.96 bits per heavy atom. The Balaban J connectivity index is 1.71. The van der Waals surface area contributed by atoms with E-state index < -0.39 is 0 Å². The molecule has 0 atom stereocenters. The maximum atomic E-state index is 5.17. The summed E-state index contributed by atoms with van der Waals surface area (Å²) in [6.45, 7) is 7.58. The maximum Gasteiger partial charge on any atom is 0.191 e. The van der Waals surface area contributed by atoms with Gasteiger partial charge >= 0.3 is 0 Å². The standard InChI is InChI=1S/C18H36N4O/c1-4-18(9-5-6-10-18)15-20-17(19-2)21-16-7-11-22(12-8-16)13-14-23-3/h16H,4-15H2,1-3H3,(H2,19,20,21). The van der Waals surface area contributed by atoms with E-state index >= 15 is 0 Å². The summed E-state index contributed by atoms with van der Waals surface area (Å²) in [6.07, 6.45) is 9.15. The molecular formula is C18H36N4O. The molecular weight excluding hydrogens is 288 g/mol. The number of methoxy groups -OCH3 is 1. The molecule has 2 N–H and O–H groups in total. The summed E-state index contributed by atoms with van der Waals surface area (Å²) in [5.74, 6) is 0.986. The molecule has 1 aliphatic carbocycles. The fraction of sp³-hybridized carbons (Fsp3) is 0.944. The van der Waals surface area contributed by atoms with E-state index in [4.69, 9.17) is 4.74 Å². The SMILES string of the molecule is CCC1(CNC(=NC)NC2CCN(CCOC)CC2)CCCC1. The first-order valence-electron chi connectivity index (χ1n) is 9.40. The monoisotopic (exact) mass is 324 g/mol. The van der Waals surface area contributed by atoms with E-state index in [0.717, 1.165) is 38.7 Å². The number of piperidine rings is 1. The van der Waals surface area contributed by atoms with E-state index in [1.807, 2.05) is 7.05 Å². The third-order valence-electron chi connectivity index (χ3n) is 5.81. The Kier molecular flexibility index (Phi) is 7.63. The van der Waals surface area contributed by atoms with Crippen LogP contribution >= 0.6 is 0 Å². The molecule has 0 aromatic rings. The highest BCUT2D eigenvalue weighted by atomic mass is 16.5. The van der Waals surface area contributed by atoms with Crippen molar-refractivity contribution in [2.45, 2.75) is 57.9 Å². The summed E-state index contributed by atoms with van der Waals surface area (Å²) in [5, 5.41) is 7.23. The first kappa shape index (κ1) is 18.5. The van der Waals surface area contributed by atoms with Crippen LogP contribution in [0.3, 0.4) is 0 Å². The Bertz CT molecular complexity index is 358. The van der Waals surface area contributed by atoms with Gasteiger partial charge in [-0.15, -0.1) is 0 Å². The highest BCUT2D eigenvalue weighted by Gasteiger charge is 2.32. The van der Waals surface area contributed by atoms with Crippen LogP contribution in [-0.4, -0.2) is 63.8 Å². The van der Waals surface area contributed by atoms with Crippen molar-refractivity contribution in [3.8, 4) is 0 Å². The third-order valence-corrected chi connectivity index (χ3v) is 5.81. The molecule has 0 aromatic carbocycles. The largest absolute Gasteiger partial charge is 0.383 e. The quantitative estimate of drug-likeness (QED) is 0.557. The second-order valence-electron chi connectivity index (χ2n) is 7.24. The fourth-order valence-corrected chi connectivity index (χ4v) is 3.96. The molecule has 0 bridgehead atoms. The van der Waals surface area contributed by atoms with Crippen molar-refractivity contribution in [3.05, 3.63) is 0 Å². The summed E-state index contributed by atoms with van der Waals surface area (Å²) in [5.41, 5.74) is 0.501. The molecule has 0 amide bonds. The van der Waals surface area contributed by atoms with Crippen LogP contribution in [0.5, 0.6) is 0 Å². The van der Waals surface area contributed by atoms with Crippen LogP contribution in [0.25, 0.3) is 0 Å². The van der Waals surface area contributed by atoms with Gasteiger partial charge in [-0.05, 0) is 37.5 Å². The zero-order chi connectivity index (χ0) is 16.5. The molecule has 2 rings (SSSR count). The van der Waals surface area contributed by atoms with Gasteiger partial charge in [0, 0.05) is 46.4 Å². The van der Waals surface area contributed by atoms with Crippen molar-refractivity contribution < 1.29 is 4.74 Å². The van der Waals surface area contributed by atoms with E-state index in [0.29, 0.717) is 11.5 Å². The van der Waals surface area contributed by atoms with E-state index in [1.54, 1.807) is 7.11 Å². The number of hydrogen-bond acceptors (Lipinski definition) is 3. The topological polar surface area (TPSA) is 48.9 Å². The first-order chi connectivity index (χ1) is 11.2. The van der Waals surface area contributed by atoms with Gasteiger partial charge in [0.15, 0.2) is 5.96 Å². The number of likely N-dealkylation sites (tertiary alicyclic amines) is 1. The molecule has 1 heterocycles. The van der Waals surface area contributed by atoms with Crippen molar-refractivity contribution in [1.29, 1.82) is 0 Å². The number of rotatable bonds is 7. The molecule has 5 nitrogen and oxygen atoms in total. The lowest BCUT2D eigenvalue weighted by atomic mass is 9.83. The Morgan fingerprint density at radius 3 is 2.52 bits per heavy atom. The number of nitrogens with one attached hydrogen (secondary N) is 2. The summed E-state index contributed by atoms with van der Waals surface area (Å²) >= 11 is 0. The predicted octanol–water partition coefficient (Wildman–Crippen LogP) is 2.23. The molecule has 2 aliphatic rings. The van der Waals surface area contributed by atoms with Gasteiger partial charge in [-0.2, -0.15) is 0 Å². The average molecular weight is 325 g/mol. The first-order valence-corrected chi connectivity index (χ1v) is 9.40. The van der Waals surface area contributed by atoms with Crippen molar-refractivity contribution in [3.63, 3.8) is 0 Å². The molecule has 5 heteroatoms. The van der Waals surface area contributed by atoms with Crippen molar-refractivity contribution in [2.24, 2.45) is 10.4 Å². The zero-order valence-electron chi connectivity index (χ0n) is 15.4. The van der Waals surface area contributed by atoms with Gasteiger partial charge in [-0.25, -0.2) is 0 Å². The van der Waals surface area contributed by atoms with Gasteiger partial charge in [0.05, 0.1) is 6.61 Å². The van der Waals surface area contributed by atoms with E-state index in [-0.39, 0.29) is 0 Å². The van der Waals surface area contributed by atoms with E-state index in [1.165, 1.54) is 44.9 Å². The average Bonchev–Trinajstić information content (AvgIpc) is 3.07. The maximum absolute atomic E-state index is 5.17. The molecule has 0 aromatic heterocycles. The second kappa shape index (κ2) is 9.48. The molecule has 23 heavy (non-hydrogen) atoms. The molecule has 0 unspecified atom stereocenters. The highest BCUT2D eigenvalue weighted by molar-refractivity contribution is 5.80. The van der Waals surface area contributed by atoms with Crippen LogP contribution in [0, 0.1) is 5.41 Å². The summed E-state index contributed by atoms with van der Waals surface area (Å²) < 4.78 is 5.17. The van der Waals surface area contributed by atoms with Crippen molar-refractivity contribution in [2.75, 3.05) is 46.9 Å². The molecule has 2 fully saturated rings. The summed E-state index contributed by atoms with van der Waals surface area (Å²) in [4.78, 5) is 6.93. The lowest BCUT2D eigenvalue weighted by Gasteiger charge is -2.34. The summed E-state index contributed by atoms with van der Waals surface area (Å²) in [7, 11) is 3.66. The molecule has 1 aliphatic heterocycles. The van der Waals surface area contributed by atoms with E-state index in [9.17, 15) is 0 Å². The third kappa shape index (κ3) is 5.64. The number of hydrogen-bond donors (Lipinski definition) is 2. The molecule has 134 valence electrons. The summed E-state index contributed by atoms with van der Waals surface area (Å²) in [6, 6.07) is 0.543. The predicted molar refractivity (Wildman–Crippen MR) is 97.0 cm³/mol. The van der Waals surface area contributed by atoms with Crippen LogP contribution in [-0.2, 0) is 4.74 Å². The second-order valence-corrected chi connectivity index (χ2v) is 7.24. The van der Waals surface area contributed by atoms with Crippen molar-refractivity contribution in [1.82, 2.24) is 15.5 Å². The number of guanidine groups is 1. The van der Waals surface area contributed by atoms with Crippen LogP contribution in [0.15, 0.2) is 4.99 Å². The normalized spacial score (nSPS) is 23.2. The molecule has 1 saturated carbocycles. The minimum Gasteiger partial charge on any atom is -0.383 e. The van der Waals surface area contributed by atoms with E-state index in [2.05, 4.69) is 27.4 Å². The molecule has 1 saturated heterocycles.